The van der Waals surface area contributed by atoms with Crippen molar-refractivity contribution in [3.05, 3.63) is 67.6 Å². The second kappa shape index (κ2) is 8.33. The molecular formula is C19H14BrClN4O2. The molecule has 3 rings (SSSR count). The van der Waals surface area contributed by atoms with Crippen LogP contribution in [0.3, 0.4) is 0 Å². The Morgan fingerprint density at radius 1 is 1.37 bits per heavy atom. The summed E-state index contributed by atoms with van der Waals surface area (Å²) in [5.74, 6) is 0.977. The molecule has 136 valence electrons. The van der Waals surface area contributed by atoms with Gasteiger partial charge in [-0.15, -0.1) is 0 Å². The van der Waals surface area contributed by atoms with E-state index in [9.17, 15) is 4.79 Å². The molecule has 3 aromatic rings. The van der Waals surface area contributed by atoms with Crippen LogP contribution in [0.4, 0.5) is 0 Å². The van der Waals surface area contributed by atoms with Crippen LogP contribution in [-0.2, 0) is 6.42 Å². The molecule has 6 nitrogen and oxygen atoms in total. The summed E-state index contributed by atoms with van der Waals surface area (Å²) in [6, 6.07) is 12.3. The van der Waals surface area contributed by atoms with E-state index in [1.54, 1.807) is 30.3 Å². The molecular weight excluding hydrogens is 432 g/mol. The summed E-state index contributed by atoms with van der Waals surface area (Å²) in [5, 5.41) is 13.7. The normalized spacial score (nSPS) is 11.0. The quantitative estimate of drug-likeness (QED) is 0.552. The molecule has 0 saturated carbocycles. The highest BCUT2D eigenvalue weighted by Gasteiger charge is 2.10. The zero-order chi connectivity index (χ0) is 19.4. The summed E-state index contributed by atoms with van der Waals surface area (Å²) in [6.07, 6.45) is 2.09. The van der Waals surface area contributed by atoms with Gasteiger partial charge in [0.1, 0.15) is 17.6 Å². The first-order valence-corrected chi connectivity index (χ1v) is 9.25. The van der Waals surface area contributed by atoms with E-state index in [2.05, 4.69) is 26.0 Å². The highest BCUT2D eigenvalue weighted by Crippen LogP contribution is 2.24. The molecule has 0 saturated heterocycles. The Morgan fingerprint density at radius 3 is 2.89 bits per heavy atom. The lowest BCUT2D eigenvalue weighted by molar-refractivity contribution is 0.368. The number of hydrogen-bond donors (Lipinski definition) is 0. The van der Waals surface area contributed by atoms with E-state index in [0.29, 0.717) is 39.5 Å². The van der Waals surface area contributed by atoms with Crippen LogP contribution in [0.25, 0.3) is 10.9 Å². The van der Waals surface area contributed by atoms with Gasteiger partial charge in [-0.3, -0.25) is 4.79 Å². The predicted octanol–water partition coefficient (Wildman–Crippen LogP) is 4.16. The molecule has 0 radical (unpaired) electrons. The molecule has 2 aromatic carbocycles. The monoisotopic (exact) mass is 444 g/mol. The van der Waals surface area contributed by atoms with E-state index in [4.69, 9.17) is 21.6 Å². The molecule has 0 atom stereocenters. The van der Waals surface area contributed by atoms with Crippen LogP contribution < -0.4 is 10.3 Å². The zero-order valence-electron chi connectivity index (χ0n) is 14.3. The van der Waals surface area contributed by atoms with Crippen molar-refractivity contribution < 1.29 is 4.74 Å². The van der Waals surface area contributed by atoms with Gasteiger partial charge in [0.2, 0.25) is 0 Å². The van der Waals surface area contributed by atoms with Crippen molar-refractivity contribution in [1.82, 2.24) is 9.66 Å². The molecule has 0 fully saturated rings. The van der Waals surface area contributed by atoms with Crippen molar-refractivity contribution in [1.29, 1.82) is 5.26 Å². The van der Waals surface area contributed by atoms with Crippen molar-refractivity contribution in [2.24, 2.45) is 5.10 Å². The summed E-state index contributed by atoms with van der Waals surface area (Å²) in [7, 11) is 0. The molecule has 0 N–H and O–H groups in total. The largest absolute Gasteiger partial charge is 0.477 e. The zero-order valence-corrected chi connectivity index (χ0v) is 16.7. The molecule has 0 aliphatic heterocycles. The molecule has 1 aromatic heterocycles. The van der Waals surface area contributed by atoms with Gasteiger partial charge in [0, 0.05) is 10.9 Å². The SMILES string of the molecule is CCc1nc2ccc(Br)cc2c(=O)n1N=Cc1ccc(OCC#N)c(Cl)c1. The summed E-state index contributed by atoms with van der Waals surface area (Å²) < 4.78 is 7.31. The number of nitrogens with zero attached hydrogens (tertiary/aromatic N) is 4. The average Bonchev–Trinajstić information content (AvgIpc) is 2.66. The maximum atomic E-state index is 12.8. The van der Waals surface area contributed by atoms with E-state index in [0.717, 1.165) is 4.47 Å². The Morgan fingerprint density at radius 2 is 2.19 bits per heavy atom. The molecule has 0 aliphatic rings. The highest BCUT2D eigenvalue weighted by molar-refractivity contribution is 9.10. The minimum Gasteiger partial charge on any atom is -0.477 e. The maximum absolute atomic E-state index is 12.8. The third-order valence-electron chi connectivity index (χ3n) is 3.76. The molecule has 0 aliphatic carbocycles. The lowest BCUT2D eigenvalue weighted by Crippen LogP contribution is -2.22. The second-order valence-corrected chi connectivity index (χ2v) is 6.86. The van der Waals surface area contributed by atoms with Gasteiger partial charge in [-0.05, 0) is 42.0 Å². The first kappa shape index (κ1) is 19.1. The number of aryl methyl sites for hydroxylation is 1. The van der Waals surface area contributed by atoms with Crippen LogP contribution in [0, 0.1) is 11.3 Å². The van der Waals surface area contributed by atoms with Crippen molar-refractivity contribution >= 4 is 44.6 Å². The predicted molar refractivity (Wildman–Crippen MR) is 109 cm³/mol. The summed E-state index contributed by atoms with van der Waals surface area (Å²) >= 11 is 9.52. The summed E-state index contributed by atoms with van der Waals surface area (Å²) in [4.78, 5) is 17.4. The third-order valence-corrected chi connectivity index (χ3v) is 4.55. The van der Waals surface area contributed by atoms with Gasteiger partial charge in [0.25, 0.3) is 5.56 Å². The van der Waals surface area contributed by atoms with E-state index < -0.39 is 0 Å². The number of fused-ring (bicyclic) bond motifs is 1. The van der Waals surface area contributed by atoms with Gasteiger partial charge >= 0.3 is 0 Å². The number of ether oxygens (including phenoxy) is 1. The molecule has 27 heavy (non-hydrogen) atoms. The number of benzene rings is 2. The maximum Gasteiger partial charge on any atom is 0.282 e. The van der Waals surface area contributed by atoms with E-state index >= 15 is 0 Å². The van der Waals surface area contributed by atoms with Gasteiger partial charge in [0.15, 0.2) is 6.61 Å². The van der Waals surface area contributed by atoms with E-state index in [1.165, 1.54) is 10.9 Å². The van der Waals surface area contributed by atoms with Gasteiger partial charge in [0.05, 0.1) is 22.1 Å². The molecule has 0 amide bonds. The van der Waals surface area contributed by atoms with Crippen molar-refractivity contribution in [2.75, 3.05) is 6.61 Å². The first-order chi connectivity index (χ1) is 13.0. The van der Waals surface area contributed by atoms with Crippen molar-refractivity contribution in [2.45, 2.75) is 13.3 Å². The minimum atomic E-state index is -0.241. The van der Waals surface area contributed by atoms with Crippen molar-refractivity contribution in [3.8, 4) is 11.8 Å². The molecule has 0 unspecified atom stereocenters. The van der Waals surface area contributed by atoms with E-state index in [-0.39, 0.29) is 12.2 Å². The summed E-state index contributed by atoms with van der Waals surface area (Å²) in [6.45, 7) is 1.83. The molecule has 0 bridgehead atoms. The van der Waals surface area contributed by atoms with Crippen LogP contribution >= 0.6 is 27.5 Å². The van der Waals surface area contributed by atoms with Gasteiger partial charge in [-0.25, -0.2) is 4.98 Å². The average molecular weight is 446 g/mol. The van der Waals surface area contributed by atoms with Gasteiger partial charge in [-0.2, -0.15) is 15.0 Å². The number of halogens is 2. The van der Waals surface area contributed by atoms with Crippen LogP contribution in [0.5, 0.6) is 5.75 Å². The van der Waals surface area contributed by atoms with Crippen LogP contribution in [0.15, 0.2) is 50.8 Å². The molecule has 0 spiro atoms. The summed E-state index contributed by atoms with van der Waals surface area (Å²) in [5.41, 5.74) is 1.08. The number of nitriles is 1. The fourth-order valence-electron chi connectivity index (χ4n) is 2.49. The standard InChI is InChI=1S/C19H14BrClN4O2/c1-2-18-24-16-5-4-13(20)10-14(16)19(26)25(18)23-11-12-3-6-17(15(21)9-12)27-8-7-22/h3-6,9-11H,2,8H2,1H3. The van der Waals surface area contributed by atoms with Gasteiger partial charge in [-0.1, -0.05) is 34.5 Å². The van der Waals surface area contributed by atoms with Crippen LogP contribution in [0.2, 0.25) is 5.02 Å². The number of hydrogen-bond acceptors (Lipinski definition) is 5. The van der Waals surface area contributed by atoms with Crippen LogP contribution in [0.1, 0.15) is 18.3 Å². The highest BCUT2D eigenvalue weighted by atomic mass is 79.9. The Hall–Kier alpha value is -2.69. The Balaban J connectivity index is 2.01. The number of aromatic nitrogens is 2. The Labute approximate surface area is 168 Å². The fourth-order valence-corrected chi connectivity index (χ4v) is 3.10. The lowest BCUT2D eigenvalue weighted by atomic mass is 10.2. The Kier molecular flexibility index (Phi) is 5.89. The van der Waals surface area contributed by atoms with Crippen LogP contribution in [-0.4, -0.2) is 22.5 Å². The fraction of sp³-hybridized carbons (Fsp3) is 0.158. The lowest BCUT2D eigenvalue weighted by Gasteiger charge is -2.08. The van der Waals surface area contributed by atoms with E-state index in [1.807, 2.05) is 19.1 Å². The van der Waals surface area contributed by atoms with Crippen molar-refractivity contribution in [3.63, 3.8) is 0 Å². The third kappa shape index (κ3) is 4.18. The second-order valence-electron chi connectivity index (χ2n) is 5.54. The molecule has 1 heterocycles. The molecule has 8 heteroatoms. The minimum absolute atomic E-state index is 0.0826. The first-order valence-electron chi connectivity index (χ1n) is 8.08. The Bertz CT molecular complexity index is 1130. The van der Waals surface area contributed by atoms with Gasteiger partial charge < -0.3 is 4.74 Å². The number of rotatable bonds is 5. The topological polar surface area (TPSA) is 80.3 Å². The smallest absolute Gasteiger partial charge is 0.282 e.